The standard InChI is InChI=1S/C18H18N2O4/c1-12-4-3-5-15(8-12)22-10-18(21)20-19-13(2)14-6-7-16-17(9-14)24-11-23-16/h3-9H,10-11H2,1-2H3,(H,20,21)/b19-13-. The van der Waals surface area contributed by atoms with Crippen LogP contribution in [-0.4, -0.2) is 25.0 Å². The Kier molecular flexibility index (Phi) is 4.65. The van der Waals surface area contributed by atoms with Crippen LogP contribution in [-0.2, 0) is 4.79 Å². The molecule has 0 spiro atoms. The van der Waals surface area contributed by atoms with Gasteiger partial charge in [0.15, 0.2) is 18.1 Å². The summed E-state index contributed by atoms with van der Waals surface area (Å²) in [7, 11) is 0. The number of hydrogen-bond donors (Lipinski definition) is 1. The lowest BCUT2D eigenvalue weighted by Crippen LogP contribution is -2.25. The molecule has 24 heavy (non-hydrogen) atoms. The summed E-state index contributed by atoms with van der Waals surface area (Å²) >= 11 is 0. The van der Waals surface area contributed by atoms with Crippen LogP contribution >= 0.6 is 0 Å². The van der Waals surface area contributed by atoms with E-state index in [4.69, 9.17) is 14.2 Å². The minimum Gasteiger partial charge on any atom is -0.484 e. The average molecular weight is 326 g/mol. The van der Waals surface area contributed by atoms with Crippen LogP contribution in [0.1, 0.15) is 18.1 Å². The molecule has 0 aliphatic carbocycles. The maximum atomic E-state index is 11.8. The van der Waals surface area contributed by atoms with Crippen molar-refractivity contribution in [3.05, 3.63) is 53.6 Å². The molecule has 6 heteroatoms. The largest absolute Gasteiger partial charge is 0.484 e. The first kappa shape index (κ1) is 15.9. The maximum Gasteiger partial charge on any atom is 0.277 e. The van der Waals surface area contributed by atoms with Gasteiger partial charge in [-0.3, -0.25) is 4.79 Å². The molecule has 1 aliphatic heterocycles. The number of rotatable bonds is 5. The second-order valence-corrected chi connectivity index (χ2v) is 5.41. The lowest BCUT2D eigenvalue weighted by molar-refractivity contribution is -0.123. The molecule has 0 saturated heterocycles. The molecular weight excluding hydrogens is 308 g/mol. The minimum absolute atomic E-state index is 0.0959. The number of hydrogen-bond acceptors (Lipinski definition) is 5. The molecule has 6 nitrogen and oxygen atoms in total. The van der Waals surface area contributed by atoms with Gasteiger partial charge < -0.3 is 14.2 Å². The molecule has 1 aliphatic rings. The number of nitrogens with zero attached hydrogens (tertiary/aromatic N) is 1. The number of carbonyl (C=O) groups is 1. The molecule has 1 amide bonds. The van der Waals surface area contributed by atoms with Gasteiger partial charge >= 0.3 is 0 Å². The van der Waals surface area contributed by atoms with E-state index < -0.39 is 0 Å². The monoisotopic (exact) mass is 326 g/mol. The summed E-state index contributed by atoms with van der Waals surface area (Å²) in [5.74, 6) is 1.72. The number of nitrogens with one attached hydrogen (secondary N) is 1. The minimum atomic E-state index is -0.323. The third-order valence-corrected chi connectivity index (χ3v) is 3.50. The highest BCUT2D eigenvalue weighted by molar-refractivity contribution is 5.99. The second kappa shape index (κ2) is 7.04. The van der Waals surface area contributed by atoms with E-state index in [0.29, 0.717) is 23.0 Å². The Balaban J connectivity index is 1.55. The van der Waals surface area contributed by atoms with E-state index in [9.17, 15) is 4.79 Å². The first-order valence-corrected chi connectivity index (χ1v) is 7.54. The van der Waals surface area contributed by atoms with Crippen molar-refractivity contribution in [2.45, 2.75) is 13.8 Å². The highest BCUT2D eigenvalue weighted by Gasteiger charge is 2.14. The fourth-order valence-electron chi connectivity index (χ4n) is 2.22. The first-order chi connectivity index (χ1) is 11.6. The van der Waals surface area contributed by atoms with Crippen LogP contribution in [0.25, 0.3) is 0 Å². The molecule has 0 fully saturated rings. The summed E-state index contributed by atoms with van der Waals surface area (Å²) in [5.41, 5.74) is 5.07. The number of amides is 1. The number of benzene rings is 2. The molecule has 0 bridgehead atoms. The Morgan fingerprint density at radius 1 is 1.21 bits per heavy atom. The lowest BCUT2D eigenvalue weighted by Gasteiger charge is -2.07. The Hall–Kier alpha value is -3.02. The summed E-state index contributed by atoms with van der Waals surface area (Å²) in [6.45, 7) is 3.90. The molecule has 3 rings (SSSR count). The van der Waals surface area contributed by atoms with Gasteiger partial charge in [-0.2, -0.15) is 5.10 Å². The van der Waals surface area contributed by atoms with Crippen LogP contribution in [0.2, 0.25) is 0 Å². The van der Waals surface area contributed by atoms with Crippen molar-refractivity contribution in [2.24, 2.45) is 5.10 Å². The Labute approximate surface area is 140 Å². The van der Waals surface area contributed by atoms with Crippen LogP contribution in [0.3, 0.4) is 0 Å². The smallest absolute Gasteiger partial charge is 0.277 e. The van der Waals surface area contributed by atoms with Crippen molar-refractivity contribution >= 4 is 11.6 Å². The van der Waals surface area contributed by atoms with Gasteiger partial charge in [0.1, 0.15) is 5.75 Å². The highest BCUT2D eigenvalue weighted by atomic mass is 16.7. The molecule has 0 saturated carbocycles. The summed E-state index contributed by atoms with van der Waals surface area (Å²) < 4.78 is 16.0. The molecule has 0 aromatic heterocycles. The Morgan fingerprint density at radius 3 is 2.88 bits per heavy atom. The molecule has 1 N–H and O–H groups in total. The number of fused-ring (bicyclic) bond motifs is 1. The quantitative estimate of drug-likeness (QED) is 0.677. The van der Waals surface area contributed by atoms with Crippen LogP contribution in [0, 0.1) is 6.92 Å². The molecule has 2 aromatic carbocycles. The fraction of sp³-hybridized carbons (Fsp3) is 0.222. The number of aryl methyl sites for hydroxylation is 1. The first-order valence-electron chi connectivity index (χ1n) is 7.54. The highest BCUT2D eigenvalue weighted by Crippen LogP contribution is 2.32. The SMILES string of the molecule is C/C(=N/NC(=O)COc1cccc(C)c1)c1ccc2c(c1)OCO2. The van der Waals surface area contributed by atoms with E-state index in [1.165, 1.54) is 0 Å². The van der Waals surface area contributed by atoms with Crippen molar-refractivity contribution in [2.75, 3.05) is 13.4 Å². The van der Waals surface area contributed by atoms with E-state index in [2.05, 4.69) is 10.5 Å². The van der Waals surface area contributed by atoms with Gasteiger partial charge in [-0.1, -0.05) is 12.1 Å². The van der Waals surface area contributed by atoms with Crippen LogP contribution < -0.4 is 19.6 Å². The predicted molar refractivity (Wildman–Crippen MR) is 89.6 cm³/mol. The van der Waals surface area contributed by atoms with Gasteiger partial charge in [-0.25, -0.2) is 5.43 Å². The predicted octanol–water partition coefficient (Wildman–Crippen LogP) is 2.64. The van der Waals surface area contributed by atoms with Crippen molar-refractivity contribution in [1.82, 2.24) is 5.43 Å². The van der Waals surface area contributed by atoms with Crippen molar-refractivity contribution < 1.29 is 19.0 Å². The fourth-order valence-corrected chi connectivity index (χ4v) is 2.22. The molecule has 0 radical (unpaired) electrons. The Bertz CT molecular complexity index is 786. The normalized spacial score (nSPS) is 12.8. The van der Waals surface area contributed by atoms with E-state index in [-0.39, 0.29) is 19.3 Å². The summed E-state index contributed by atoms with van der Waals surface area (Å²) in [4.78, 5) is 11.8. The average Bonchev–Trinajstić information content (AvgIpc) is 3.05. The molecule has 2 aromatic rings. The third-order valence-electron chi connectivity index (χ3n) is 3.50. The molecular formula is C18H18N2O4. The zero-order chi connectivity index (χ0) is 16.9. The number of ether oxygens (including phenoxy) is 3. The molecule has 1 heterocycles. The zero-order valence-corrected chi connectivity index (χ0v) is 13.5. The summed E-state index contributed by atoms with van der Waals surface area (Å²) in [6.07, 6.45) is 0. The van der Waals surface area contributed by atoms with E-state index >= 15 is 0 Å². The topological polar surface area (TPSA) is 69.2 Å². The summed E-state index contributed by atoms with van der Waals surface area (Å²) in [5, 5.41) is 4.09. The van der Waals surface area contributed by atoms with Crippen LogP contribution in [0.4, 0.5) is 0 Å². The van der Waals surface area contributed by atoms with Crippen LogP contribution in [0.15, 0.2) is 47.6 Å². The summed E-state index contributed by atoms with van der Waals surface area (Å²) in [6, 6.07) is 13.0. The van der Waals surface area contributed by atoms with E-state index in [0.717, 1.165) is 11.1 Å². The van der Waals surface area contributed by atoms with Gasteiger partial charge in [-0.15, -0.1) is 0 Å². The second-order valence-electron chi connectivity index (χ2n) is 5.41. The number of hydrazone groups is 1. The van der Waals surface area contributed by atoms with Crippen molar-refractivity contribution in [1.29, 1.82) is 0 Å². The lowest BCUT2D eigenvalue weighted by atomic mass is 10.1. The number of carbonyl (C=O) groups excluding carboxylic acids is 1. The zero-order valence-electron chi connectivity index (χ0n) is 13.5. The van der Waals surface area contributed by atoms with E-state index in [1.807, 2.05) is 43.3 Å². The molecule has 0 atom stereocenters. The molecule has 124 valence electrons. The van der Waals surface area contributed by atoms with Gasteiger partial charge in [0.05, 0.1) is 5.71 Å². The van der Waals surface area contributed by atoms with Crippen molar-refractivity contribution in [3.63, 3.8) is 0 Å². The Morgan fingerprint density at radius 2 is 2.04 bits per heavy atom. The molecule has 0 unspecified atom stereocenters. The third kappa shape index (κ3) is 3.84. The van der Waals surface area contributed by atoms with Gasteiger partial charge in [0.25, 0.3) is 5.91 Å². The maximum absolute atomic E-state index is 11.8. The van der Waals surface area contributed by atoms with Crippen LogP contribution in [0.5, 0.6) is 17.2 Å². The van der Waals surface area contributed by atoms with Gasteiger partial charge in [-0.05, 0) is 49.7 Å². The van der Waals surface area contributed by atoms with E-state index in [1.54, 1.807) is 13.0 Å². The van der Waals surface area contributed by atoms with Gasteiger partial charge in [0, 0.05) is 5.56 Å². The van der Waals surface area contributed by atoms with Crippen molar-refractivity contribution in [3.8, 4) is 17.2 Å². The van der Waals surface area contributed by atoms with Gasteiger partial charge in [0.2, 0.25) is 6.79 Å².